The van der Waals surface area contributed by atoms with Gasteiger partial charge in [0.1, 0.15) is 17.6 Å². The highest BCUT2D eigenvalue weighted by Crippen LogP contribution is 2.53. The van der Waals surface area contributed by atoms with E-state index in [1.54, 1.807) is 23.2 Å². The first kappa shape index (κ1) is 39.1. The monoisotopic (exact) mass is 829 g/mol. The third kappa shape index (κ3) is 7.21. The van der Waals surface area contributed by atoms with Crippen LogP contribution in [0.1, 0.15) is 68.1 Å². The molecule has 3 aromatic rings. The Morgan fingerprint density at radius 2 is 1.54 bits per heavy atom. The molecule has 61 heavy (non-hydrogen) atoms. The maximum absolute atomic E-state index is 13.4. The van der Waals surface area contributed by atoms with Crippen LogP contribution >= 0.6 is 0 Å². The van der Waals surface area contributed by atoms with Crippen molar-refractivity contribution in [2.45, 2.75) is 44.2 Å². The molecule has 17 nitrogen and oxygen atoms in total. The number of carbonyl (C=O) groups excluding carboxylic acids is 6. The molecule has 1 aliphatic carbocycles. The van der Waals surface area contributed by atoms with E-state index in [1.807, 2.05) is 18.0 Å². The molecule has 0 bridgehead atoms. The van der Waals surface area contributed by atoms with Crippen molar-refractivity contribution >= 4 is 52.8 Å². The molecule has 5 saturated heterocycles. The number of nitrogens with zero attached hydrogens (tertiary/aromatic N) is 9. The Balaban J connectivity index is 0.707. The topological polar surface area (TPSA) is 189 Å². The lowest BCUT2D eigenvalue weighted by Gasteiger charge is -2.37. The van der Waals surface area contributed by atoms with E-state index in [0.717, 1.165) is 100 Å². The number of urea groups is 1. The Morgan fingerprint density at radius 1 is 0.803 bits per heavy atom. The predicted octanol–water partition coefficient (Wildman–Crippen LogP) is 1.41. The van der Waals surface area contributed by atoms with Crippen LogP contribution in [0.4, 0.5) is 22.0 Å². The number of carbonyl (C=O) groups is 6. The van der Waals surface area contributed by atoms with Crippen LogP contribution in [0.25, 0.3) is 0 Å². The Kier molecular flexibility index (Phi) is 9.87. The molecule has 17 heteroatoms. The number of anilines is 3. The summed E-state index contributed by atoms with van der Waals surface area (Å²) in [5, 5.41) is 2.25. The first-order valence-electron chi connectivity index (χ1n) is 21.6. The van der Waals surface area contributed by atoms with E-state index in [9.17, 15) is 28.8 Å². The third-order valence-corrected chi connectivity index (χ3v) is 14.1. The summed E-state index contributed by atoms with van der Waals surface area (Å²) in [6.07, 6.45) is 4.18. The minimum Gasteiger partial charge on any atom is -0.371 e. The van der Waals surface area contributed by atoms with E-state index in [-0.39, 0.29) is 36.5 Å². The zero-order valence-electron chi connectivity index (χ0n) is 34.4. The number of likely N-dealkylation sites (N-methyl/N-ethyl adjacent to an activating group) is 1. The maximum Gasteiger partial charge on any atom is 0.320 e. The molecule has 3 N–H and O–H groups in total. The number of rotatable bonds is 10. The van der Waals surface area contributed by atoms with Gasteiger partial charge in [-0.25, -0.2) is 14.8 Å². The van der Waals surface area contributed by atoms with E-state index in [0.29, 0.717) is 53.4 Å². The first-order chi connectivity index (χ1) is 29.5. The molecule has 1 aromatic heterocycles. The molecule has 7 aliphatic rings. The minimum atomic E-state index is -0.969. The van der Waals surface area contributed by atoms with Crippen molar-refractivity contribution < 1.29 is 28.8 Å². The van der Waals surface area contributed by atoms with E-state index < -0.39 is 29.7 Å². The molecule has 0 spiro atoms. The quantitative estimate of drug-likeness (QED) is 0.280. The Hall–Kier alpha value is -6.10. The molecule has 2 aromatic carbocycles. The van der Waals surface area contributed by atoms with Crippen molar-refractivity contribution in [1.29, 1.82) is 0 Å². The summed E-state index contributed by atoms with van der Waals surface area (Å²) >= 11 is 0. The number of nitrogens with one attached hydrogen (secondary N) is 1. The maximum atomic E-state index is 13.4. The Labute approximate surface area is 353 Å². The third-order valence-electron chi connectivity index (χ3n) is 14.1. The van der Waals surface area contributed by atoms with Crippen molar-refractivity contribution in [3.05, 3.63) is 76.7 Å². The highest BCUT2D eigenvalue weighted by molar-refractivity contribution is 6.23. The molecule has 7 heterocycles. The fourth-order valence-electron chi connectivity index (χ4n) is 10.6. The van der Waals surface area contributed by atoms with E-state index >= 15 is 0 Å². The van der Waals surface area contributed by atoms with Crippen molar-refractivity contribution in [2.75, 3.05) is 93.7 Å². The SMILES string of the molecule is CN1CCN([C@@H]2CCCN(c3cnc(C(N)=O)c(Cc4ccc(N5CCN(CC6[C@H]7CN(c8ccc9c(c8)C(=O)N(C8CCC(=O)NC8=O)C9=O)C[C@@H]67)CC5)cc4)n3)C2)C1=O. The lowest BCUT2D eigenvalue weighted by molar-refractivity contribution is -0.136. The number of imide groups is 2. The Bertz CT molecular complexity index is 2300. The van der Waals surface area contributed by atoms with Crippen molar-refractivity contribution in [2.24, 2.45) is 23.5 Å². The van der Waals surface area contributed by atoms with Gasteiger partial charge in [0, 0.05) is 103 Å². The summed E-state index contributed by atoms with van der Waals surface area (Å²) in [5.41, 5.74) is 10.2. The van der Waals surface area contributed by atoms with Crippen molar-refractivity contribution in [3.63, 3.8) is 0 Å². The van der Waals surface area contributed by atoms with Crippen molar-refractivity contribution in [3.8, 4) is 0 Å². The summed E-state index contributed by atoms with van der Waals surface area (Å²) in [5.74, 6) is -0.0239. The average Bonchev–Trinajstić information content (AvgIpc) is 3.50. The molecule has 0 radical (unpaired) electrons. The predicted molar refractivity (Wildman–Crippen MR) is 224 cm³/mol. The summed E-state index contributed by atoms with van der Waals surface area (Å²) in [4.78, 5) is 99.3. The van der Waals surface area contributed by atoms with Gasteiger partial charge in [-0.15, -0.1) is 0 Å². The summed E-state index contributed by atoms with van der Waals surface area (Å²) in [6, 6.07) is 13.1. The molecule has 7 amide bonds. The van der Waals surface area contributed by atoms with Gasteiger partial charge < -0.3 is 30.2 Å². The van der Waals surface area contributed by atoms with Gasteiger partial charge in [-0.2, -0.15) is 0 Å². The molecular weight excluding hydrogens is 779 g/mol. The second-order valence-electron chi connectivity index (χ2n) is 17.7. The van der Waals surface area contributed by atoms with Crippen LogP contribution in [0.15, 0.2) is 48.7 Å². The number of primary amides is 1. The van der Waals surface area contributed by atoms with Gasteiger partial charge in [-0.1, -0.05) is 12.1 Å². The number of amides is 7. The van der Waals surface area contributed by atoms with Crippen LogP contribution in [-0.4, -0.2) is 156 Å². The number of hydrogen-bond donors (Lipinski definition) is 2. The highest BCUT2D eigenvalue weighted by Gasteiger charge is 2.56. The van der Waals surface area contributed by atoms with Gasteiger partial charge in [0.05, 0.1) is 29.1 Å². The molecule has 5 atom stereocenters. The molecule has 6 aliphatic heterocycles. The first-order valence-corrected chi connectivity index (χ1v) is 21.6. The van der Waals surface area contributed by atoms with Crippen LogP contribution in [0.5, 0.6) is 0 Å². The van der Waals surface area contributed by atoms with Gasteiger partial charge in [-0.3, -0.25) is 39.1 Å². The van der Waals surface area contributed by atoms with Crippen LogP contribution in [0.3, 0.4) is 0 Å². The number of piperazine rings is 1. The van der Waals surface area contributed by atoms with Gasteiger partial charge >= 0.3 is 6.03 Å². The second-order valence-corrected chi connectivity index (χ2v) is 17.7. The fraction of sp³-hybridized carbons (Fsp3) is 0.500. The molecule has 1 saturated carbocycles. The van der Waals surface area contributed by atoms with Gasteiger partial charge in [0.2, 0.25) is 11.8 Å². The largest absolute Gasteiger partial charge is 0.371 e. The van der Waals surface area contributed by atoms with Crippen LogP contribution in [0.2, 0.25) is 0 Å². The lowest BCUT2D eigenvalue weighted by atomic mass is 10.0. The Morgan fingerprint density at radius 3 is 2.25 bits per heavy atom. The number of fused-ring (bicyclic) bond motifs is 2. The molecular formula is C44H51N11O6. The van der Waals surface area contributed by atoms with Crippen LogP contribution in [-0.2, 0) is 16.0 Å². The number of benzene rings is 2. The van der Waals surface area contributed by atoms with Crippen molar-refractivity contribution in [1.82, 2.24) is 34.9 Å². The van der Waals surface area contributed by atoms with E-state index in [1.165, 1.54) is 0 Å². The standard InChI is InChI=1S/C44H51N11O6/c1-49-13-18-54(44(49)61)29-3-2-12-52(22-29)37-21-46-39(40(45)57)35(47-37)19-26-4-6-27(7-5-26)51-16-14-50(15-17-51)23-32-33-24-53(25-34(32)33)28-8-9-30-31(20-28)43(60)55(42(30)59)36-10-11-38(56)48-41(36)58/h4-9,20-21,29,32-34,36H,2-3,10-19,22-25H2,1H3,(H2,45,57)(H,48,56,58)/t29-,32?,33-,34+,36?/m1/s1. The normalized spacial score (nSPS) is 26.6. The number of nitrogens with two attached hydrogens (primary N) is 1. The number of aromatic nitrogens is 2. The second kappa shape index (κ2) is 15.4. The lowest BCUT2D eigenvalue weighted by Crippen LogP contribution is -2.54. The van der Waals surface area contributed by atoms with Crippen LogP contribution < -0.4 is 25.8 Å². The number of piperidine rings is 3. The fourth-order valence-corrected chi connectivity index (χ4v) is 10.6. The van der Waals surface area contributed by atoms with Crippen LogP contribution in [0, 0.1) is 17.8 Å². The summed E-state index contributed by atoms with van der Waals surface area (Å²) in [7, 11) is 1.84. The zero-order chi connectivity index (χ0) is 42.1. The van der Waals surface area contributed by atoms with Gasteiger partial charge in [0.15, 0.2) is 0 Å². The highest BCUT2D eigenvalue weighted by atomic mass is 16.2. The summed E-state index contributed by atoms with van der Waals surface area (Å²) < 4.78 is 0. The van der Waals surface area contributed by atoms with E-state index in [4.69, 9.17) is 10.7 Å². The van der Waals surface area contributed by atoms with Gasteiger partial charge in [-0.05, 0) is 72.9 Å². The minimum absolute atomic E-state index is 0.0718. The van der Waals surface area contributed by atoms with E-state index in [2.05, 4.69) is 54.2 Å². The molecule has 318 valence electrons. The molecule has 10 rings (SSSR count). The molecule has 2 unspecified atom stereocenters. The zero-order valence-corrected chi connectivity index (χ0v) is 34.4. The number of hydrogen-bond acceptors (Lipinski definition) is 12. The smallest absolute Gasteiger partial charge is 0.320 e. The molecule has 6 fully saturated rings. The van der Waals surface area contributed by atoms with Gasteiger partial charge in [0.25, 0.3) is 17.7 Å². The average molecular weight is 830 g/mol. The summed E-state index contributed by atoms with van der Waals surface area (Å²) in [6.45, 7) is 9.67.